The highest BCUT2D eigenvalue weighted by molar-refractivity contribution is 14.0. The minimum absolute atomic E-state index is 0. The Morgan fingerprint density at radius 2 is 1.83 bits per heavy atom. The molecule has 0 radical (unpaired) electrons. The van der Waals surface area contributed by atoms with Crippen LogP contribution in [0.4, 0.5) is 13.2 Å². The number of nitrogens with zero attached hydrogens (tertiary/aromatic N) is 2. The number of benzene rings is 1. The zero-order valence-electron chi connectivity index (χ0n) is 17.3. The van der Waals surface area contributed by atoms with Crippen LogP contribution in [0.15, 0.2) is 29.3 Å². The van der Waals surface area contributed by atoms with Crippen LogP contribution < -0.4 is 15.4 Å². The molecule has 2 rings (SSSR count). The van der Waals surface area contributed by atoms with Gasteiger partial charge in [0.25, 0.3) is 0 Å². The summed E-state index contributed by atoms with van der Waals surface area (Å²) >= 11 is 0. The molecule has 0 aromatic heterocycles. The first-order chi connectivity index (χ1) is 14.0. The molecule has 0 unspecified atom stereocenters. The number of nitrogens with one attached hydrogen (secondary N) is 2. The van der Waals surface area contributed by atoms with Gasteiger partial charge in [-0.25, -0.2) is 4.99 Å². The van der Waals surface area contributed by atoms with Gasteiger partial charge in [-0.2, -0.15) is 13.2 Å². The van der Waals surface area contributed by atoms with Crippen LogP contribution in [0.5, 0.6) is 5.75 Å². The number of morpholine rings is 1. The summed E-state index contributed by atoms with van der Waals surface area (Å²) in [4.78, 5) is 6.95. The van der Waals surface area contributed by atoms with Gasteiger partial charge in [0.1, 0.15) is 5.75 Å². The summed E-state index contributed by atoms with van der Waals surface area (Å²) in [6, 6.07) is 6.51. The van der Waals surface area contributed by atoms with E-state index < -0.39 is 12.8 Å². The average Bonchev–Trinajstić information content (AvgIpc) is 2.71. The molecule has 2 N–H and O–H groups in total. The Balaban J connectivity index is 0.00000450. The highest BCUT2D eigenvalue weighted by Gasteiger charge is 2.28. The van der Waals surface area contributed by atoms with Gasteiger partial charge < -0.3 is 20.1 Å². The van der Waals surface area contributed by atoms with Crippen molar-refractivity contribution in [3.63, 3.8) is 0 Å². The number of hydrogen-bond acceptors (Lipinski definition) is 4. The Morgan fingerprint density at radius 3 is 2.47 bits per heavy atom. The number of ether oxygens (including phenoxy) is 2. The minimum Gasteiger partial charge on any atom is -0.484 e. The third-order valence-electron chi connectivity index (χ3n) is 4.39. The molecule has 0 atom stereocenters. The molecule has 6 nitrogen and oxygen atoms in total. The second kappa shape index (κ2) is 14.7. The van der Waals surface area contributed by atoms with Crippen molar-refractivity contribution in [1.82, 2.24) is 15.5 Å². The number of halogens is 4. The van der Waals surface area contributed by atoms with Crippen LogP contribution in [0.1, 0.15) is 25.3 Å². The van der Waals surface area contributed by atoms with Crippen molar-refractivity contribution in [3.8, 4) is 5.75 Å². The van der Waals surface area contributed by atoms with Gasteiger partial charge in [0, 0.05) is 26.2 Å². The lowest BCUT2D eigenvalue weighted by Crippen LogP contribution is -2.39. The molecule has 1 fully saturated rings. The molecule has 1 aliphatic rings. The Kier molecular flexibility index (Phi) is 13.1. The lowest BCUT2D eigenvalue weighted by Gasteiger charge is -2.26. The molecule has 0 spiro atoms. The monoisotopic (exact) mass is 544 g/mol. The topological polar surface area (TPSA) is 58.1 Å². The average molecular weight is 544 g/mol. The lowest BCUT2D eigenvalue weighted by molar-refractivity contribution is -0.153. The van der Waals surface area contributed by atoms with Crippen LogP contribution in [-0.4, -0.2) is 69.6 Å². The standard InChI is InChI=1S/C20H31F3N4O2.HI/c1-2-24-19(25-9-3-4-10-27-11-13-28-14-12-27)26-15-17-5-7-18(8-6-17)29-16-20(21,22)23;/h5-8H,2-4,9-16H2,1H3,(H2,24,25,26);1H. The van der Waals surface area contributed by atoms with E-state index in [0.717, 1.165) is 70.3 Å². The molecule has 0 amide bonds. The summed E-state index contributed by atoms with van der Waals surface area (Å²) in [6.45, 7) is 7.49. The summed E-state index contributed by atoms with van der Waals surface area (Å²) in [7, 11) is 0. The van der Waals surface area contributed by atoms with E-state index in [2.05, 4.69) is 20.5 Å². The second-order valence-corrected chi connectivity index (χ2v) is 6.83. The fraction of sp³-hybridized carbons (Fsp3) is 0.650. The Bertz CT molecular complexity index is 609. The van der Waals surface area contributed by atoms with Crippen molar-refractivity contribution < 1.29 is 22.6 Å². The van der Waals surface area contributed by atoms with E-state index in [4.69, 9.17) is 9.47 Å². The number of hydrogen-bond donors (Lipinski definition) is 2. The molecule has 0 bridgehead atoms. The number of alkyl halides is 3. The lowest BCUT2D eigenvalue weighted by atomic mass is 10.2. The smallest absolute Gasteiger partial charge is 0.422 e. The molecule has 0 aliphatic carbocycles. The molecule has 1 heterocycles. The summed E-state index contributed by atoms with van der Waals surface area (Å²) in [6.07, 6.45) is -2.17. The number of guanidine groups is 1. The van der Waals surface area contributed by atoms with Gasteiger partial charge in [0.05, 0.1) is 19.8 Å². The van der Waals surface area contributed by atoms with Gasteiger partial charge in [0.15, 0.2) is 12.6 Å². The molecule has 172 valence electrons. The van der Waals surface area contributed by atoms with Gasteiger partial charge in [-0.3, -0.25) is 4.90 Å². The first-order valence-corrected chi connectivity index (χ1v) is 10.1. The molecule has 10 heteroatoms. The van der Waals surface area contributed by atoms with E-state index in [-0.39, 0.29) is 29.7 Å². The van der Waals surface area contributed by atoms with E-state index >= 15 is 0 Å². The second-order valence-electron chi connectivity index (χ2n) is 6.83. The highest BCUT2D eigenvalue weighted by atomic mass is 127. The summed E-state index contributed by atoms with van der Waals surface area (Å²) in [5.74, 6) is 0.927. The van der Waals surface area contributed by atoms with E-state index in [0.29, 0.717) is 6.54 Å². The van der Waals surface area contributed by atoms with Crippen molar-refractivity contribution in [3.05, 3.63) is 29.8 Å². The van der Waals surface area contributed by atoms with Crippen molar-refractivity contribution >= 4 is 29.9 Å². The zero-order valence-corrected chi connectivity index (χ0v) is 19.7. The molecule has 1 saturated heterocycles. The maximum absolute atomic E-state index is 12.2. The maximum atomic E-state index is 12.2. The summed E-state index contributed by atoms with van der Waals surface area (Å²) in [5, 5.41) is 6.53. The van der Waals surface area contributed by atoms with Gasteiger partial charge >= 0.3 is 6.18 Å². The SMILES string of the molecule is CCNC(=NCc1ccc(OCC(F)(F)F)cc1)NCCCCN1CCOCC1.I. The molecule has 0 saturated carbocycles. The highest BCUT2D eigenvalue weighted by Crippen LogP contribution is 2.19. The maximum Gasteiger partial charge on any atom is 0.422 e. The first-order valence-electron chi connectivity index (χ1n) is 10.1. The van der Waals surface area contributed by atoms with Crippen LogP contribution in [0.3, 0.4) is 0 Å². The van der Waals surface area contributed by atoms with E-state index in [1.54, 1.807) is 12.1 Å². The van der Waals surface area contributed by atoms with Crippen molar-refractivity contribution in [2.75, 3.05) is 52.5 Å². The summed E-state index contributed by atoms with van der Waals surface area (Å²) in [5.41, 5.74) is 0.897. The third kappa shape index (κ3) is 11.8. The van der Waals surface area contributed by atoms with Crippen LogP contribution >= 0.6 is 24.0 Å². The number of unbranched alkanes of at least 4 members (excludes halogenated alkanes) is 1. The van der Waals surface area contributed by atoms with Crippen LogP contribution in [0.2, 0.25) is 0 Å². The van der Waals surface area contributed by atoms with Crippen LogP contribution in [0.25, 0.3) is 0 Å². The van der Waals surface area contributed by atoms with Gasteiger partial charge in [-0.05, 0) is 44.0 Å². The fourth-order valence-corrected chi connectivity index (χ4v) is 2.86. The zero-order chi connectivity index (χ0) is 21.0. The predicted octanol–water partition coefficient (Wildman–Crippen LogP) is 3.41. The van der Waals surface area contributed by atoms with Crippen molar-refractivity contribution in [1.29, 1.82) is 0 Å². The minimum atomic E-state index is -4.34. The quantitative estimate of drug-likeness (QED) is 0.205. The summed E-state index contributed by atoms with van der Waals surface area (Å²) < 4.78 is 46.6. The molecule has 1 aliphatic heterocycles. The molecular formula is C20H32F3IN4O2. The Morgan fingerprint density at radius 1 is 1.13 bits per heavy atom. The molecule has 30 heavy (non-hydrogen) atoms. The molecule has 1 aromatic carbocycles. The fourth-order valence-electron chi connectivity index (χ4n) is 2.86. The van der Waals surface area contributed by atoms with Gasteiger partial charge in [-0.15, -0.1) is 24.0 Å². The van der Waals surface area contributed by atoms with E-state index in [1.165, 1.54) is 12.1 Å². The van der Waals surface area contributed by atoms with E-state index in [9.17, 15) is 13.2 Å². The van der Waals surface area contributed by atoms with E-state index in [1.807, 2.05) is 6.92 Å². The molecular weight excluding hydrogens is 512 g/mol. The van der Waals surface area contributed by atoms with Crippen molar-refractivity contribution in [2.45, 2.75) is 32.5 Å². The van der Waals surface area contributed by atoms with Gasteiger partial charge in [0.2, 0.25) is 0 Å². The number of aliphatic imine (C=N–C) groups is 1. The first kappa shape index (κ1) is 26.8. The molecule has 1 aromatic rings. The van der Waals surface area contributed by atoms with Gasteiger partial charge in [-0.1, -0.05) is 12.1 Å². The van der Waals surface area contributed by atoms with Crippen LogP contribution in [-0.2, 0) is 11.3 Å². The normalized spacial score (nSPS) is 15.4. The predicted molar refractivity (Wildman–Crippen MR) is 123 cm³/mol. The third-order valence-corrected chi connectivity index (χ3v) is 4.39. The van der Waals surface area contributed by atoms with Crippen LogP contribution in [0, 0.1) is 0 Å². The Hall–Kier alpha value is -1.27. The number of rotatable bonds is 10. The van der Waals surface area contributed by atoms with Crippen molar-refractivity contribution in [2.24, 2.45) is 4.99 Å². The largest absolute Gasteiger partial charge is 0.484 e. The Labute approximate surface area is 193 Å².